The molecule has 1 amide bonds. The summed E-state index contributed by atoms with van der Waals surface area (Å²) in [4.78, 5) is 12.0. The van der Waals surface area contributed by atoms with E-state index in [0.29, 0.717) is 11.0 Å². The molecular formula is C14H16BrClFNO. The predicted molar refractivity (Wildman–Crippen MR) is 78.0 cm³/mol. The highest BCUT2D eigenvalue weighted by Crippen LogP contribution is 2.28. The Bertz CT molecular complexity index is 449. The molecule has 19 heavy (non-hydrogen) atoms. The molecule has 2 atom stereocenters. The summed E-state index contributed by atoms with van der Waals surface area (Å²) in [6.07, 6.45) is 4.31. The van der Waals surface area contributed by atoms with Gasteiger partial charge in [0.25, 0.3) is 5.91 Å². The van der Waals surface area contributed by atoms with Crippen LogP contribution >= 0.6 is 27.5 Å². The van der Waals surface area contributed by atoms with Crippen molar-refractivity contribution in [2.75, 3.05) is 6.54 Å². The molecule has 1 saturated carbocycles. The Morgan fingerprint density at radius 1 is 1.42 bits per heavy atom. The van der Waals surface area contributed by atoms with Crippen molar-refractivity contribution in [3.63, 3.8) is 0 Å². The van der Waals surface area contributed by atoms with Crippen LogP contribution in [0.1, 0.15) is 36.0 Å². The number of benzene rings is 1. The summed E-state index contributed by atoms with van der Waals surface area (Å²) in [5.74, 6) is -0.623. The molecule has 2 nitrogen and oxygen atoms in total. The van der Waals surface area contributed by atoms with Crippen molar-refractivity contribution >= 4 is 33.4 Å². The fraction of sp³-hybridized carbons (Fsp3) is 0.500. The minimum Gasteiger partial charge on any atom is -0.352 e. The molecule has 2 rings (SSSR count). The second-order valence-electron chi connectivity index (χ2n) is 4.87. The van der Waals surface area contributed by atoms with Crippen molar-refractivity contribution in [3.8, 4) is 0 Å². The molecule has 1 fully saturated rings. The average molecular weight is 349 g/mol. The largest absolute Gasteiger partial charge is 0.352 e. The summed E-state index contributed by atoms with van der Waals surface area (Å²) in [6.45, 7) is 0.508. The number of nitrogens with one attached hydrogen (secondary N) is 1. The lowest BCUT2D eigenvalue weighted by Gasteiger charge is -2.27. The number of hydrogen-bond acceptors (Lipinski definition) is 1. The molecular weight excluding hydrogens is 333 g/mol. The third-order valence-corrected chi connectivity index (χ3v) is 4.77. The molecule has 0 radical (unpaired) electrons. The number of rotatable bonds is 3. The van der Waals surface area contributed by atoms with Gasteiger partial charge in [0.15, 0.2) is 0 Å². The molecule has 0 bridgehead atoms. The van der Waals surface area contributed by atoms with E-state index in [1.807, 2.05) is 0 Å². The van der Waals surface area contributed by atoms with E-state index in [9.17, 15) is 9.18 Å². The van der Waals surface area contributed by atoms with Gasteiger partial charge in [-0.25, -0.2) is 4.39 Å². The zero-order chi connectivity index (χ0) is 13.8. The predicted octanol–water partition coefficient (Wildman–Crippen LogP) is 4.12. The summed E-state index contributed by atoms with van der Waals surface area (Å²) in [7, 11) is 0. The molecule has 2 unspecified atom stereocenters. The van der Waals surface area contributed by atoms with E-state index < -0.39 is 5.82 Å². The monoisotopic (exact) mass is 347 g/mol. The first-order valence-electron chi connectivity index (χ1n) is 6.46. The van der Waals surface area contributed by atoms with Gasteiger partial charge in [-0.2, -0.15) is 0 Å². The van der Waals surface area contributed by atoms with Crippen molar-refractivity contribution in [3.05, 3.63) is 34.1 Å². The van der Waals surface area contributed by atoms with Crippen LogP contribution in [-0.2, 0) is 0 Å². The zero-order valence-electron chi connectivity index (χ0n) is 10.5. The van der Waals surface area contributed by atoms with Crippen LogP contribution in [0.25, 0.3) is 0 Å². The van der Waals surface area contributed by atoms with Gasteiger partial charge < -0.3 is 5.32 Å². The van der Waals surface area contributed by atoms with Gasteiger partial charge in [0.1, 0.15) is 5.82 Å². The smallest absolute Gasteiger partial charge is 0.255 e. The first kappa shape index (κ1) is 14.8. The van der Waals surface area contributed by atoms with Crippen LogP contribution in [0.3, 0.4) is 0 Å². The molecule has 5 heteroatoms. The maximum absolute atomic E-state index is 13.6. The molecule has 0 aliphatic heterocycles. The first-order valence-corrected chi connectivity index (χ1v) is 7.69. The first-order chi connectivity index (χ1) is 9.09. The summed E-state index contributed by atoms with van der Waals surface area (Å²) in [5, 5.41) is 2.90. The van der Waals surface area contributed by atoms with Crippen LogP contribution in [0.2, 0.25) is 0 Å². The molecule has 0 aromatic heterocycles. The summed E-state index contributed by atoms with van der Waals surface area (Å²) >= 11 is 9.44. The third-order valence-electron chi connectivity index (χ3n) is 3.53. The van der Waals surface area contributed by atoms with Gasteiger partial charge in [-0.3, -0.25) is 4.79 Å². The van der Waals surface area contributed by atoms with Crippen LogP contribution in [0.15, 0.2) is 22.7 Å². The maximum Gasteiger partial charge on any atom is 0.255 e. The Morgan fingerprint density at radius 2 is 2.16 bits per heavy atom. The minimum absolute atomic E-state index is 0.0597. The second-order valence-corrected chi connectivity index (χ2v) is 6.28. The van der Waals surface area contributed by atoms with Crippen molar-refractivity contribution < 1.29 is 9.18 Å². The van der Waals surface area contributed by atoms with Gasteiger partial charge in [-0.15, -0.1) is 11.6 Å². The maximum atomic E-state index is 13.6. The Kier molecular flexibility index (Phi) is 5.22. The Hall–Kier alpha value is -0.610. The molecule has 1 aliphatic rings. The van der Waals surface area contributed by atoms with Gasteiger partial charge in [0.2, 0.25) is 0 Å². The number of carbonyl (C=O) groups excluding carboxylic acids is 1. The summed E-state index contributed by atoms with van der Waals surface area (Å²) in [5.41, 5.74) is 0.0597. The quantitative estimate of drug-likeness (QED) is 0.818. The summed E-state index contributed by atoms with van der Waals surface area (Å²) in [6, 6.07) is 4.50. The Balaban J connectivity index is 1.97. The SMILES string of the molecule is O=C(NCC1CCCCC1Cl)c1c(F)cccc1Br. The van der Waals surface area contributed by atoms with E-state index in [1.165, 1.54) is 6.07 Å². The van der Waals surface area contributed by atoms with E-state index in [1.54, 1.807) is 12.1 Å². The lowest BCUT2D eigenvalue weighted by atomic mass is 9.88. The highest BCUT2D eigenvalue weighted by atomic mass is 79.9. The van der Waals surface area contributed by atoms with Gasteiger partial charge in [-0.1, -0.05) is 18.9 Å². The topological polar surface area (TPSA) is 29.1 Å². The van der Waals surface area contributed by atoms with Crippen LogP contribution in [0.4, 0.5) is 4.39 Å². The number of carbonyl (C=O) groups is 1. The van der Waals surface area contributed by atoms with Crippen molar-refractivity contribution in [2.45, 2.75) is 31.1 Å². The van der Waals surface area contributed by atoms with Crippen LogP contribution in [0, 0.1) is 11.7 Å². The molecule has 1 N–H and O–H groups in total. The molecule has 1 aromatic carbocycles. The highest BCUT2D eigenvalue weighted by molar-refractivity contribution is 9.10. The third kappa shape index (κ3) is 3.69. The van der Waals surface area contributed by atoms with Crippen molar-refractivity contribution in [2.24, 2.45) is 5.92 Å². The molecule has 1 aliphatic carbocycles. The Morgan fingerprint density at radius 3 is 2.84 bits per heavy atom. The van der Waals surface area contributed by atoms with Gasteiger partial charge in [0.05, 0.1) is 5.56 Å². The molecule has 104 valence electrons. The van der Waals surface area contributed by atoms with E-state index >= 15 is 0 Å². The number of alkyl halides is 1. The Labute approximate surface area is 125 Å². The zero-order valence-corrected chi connectivity index (χ0v) is 12.8. The van der Waals surface area contributed by atoms with E-state index in [4.69, 9.17) is 11.6 Å². The average Bonchev–Trinajstić information content (AvgIpc) is 2.37. The number of amides is 1. The van der Waals surface area contributed by atoms with Gasteiger partial charge in [0, 0.05) is 16.4 Å². The standard InChI is InChI=1S/C14H16BrClFNO/c15-10-5-3-7-12(17)13(10)14(19)18-8-9-4-1-2-6-11(9)16/h3,5,7,9,11H,1-2,4,6,8H2,(H,18,19). The fourth-order valence-electron chi connectivity index (χ4n) is 2.42. The van der Waals surface area contributed by atoms with E-state index in [0.717, 1.165) is 25.7 Å². The molecule has 1 aromatic rings. The number of hydrogen-bond donors (Lipinski definition) is 1. The lowest BCUT2D eigenvalue weighted by molar-refractivity contribution is 0.0939. The van der Waals surface area contributed by atoms with E-state index in [-0.39, 0.29) is 22.8 Å². The second kappa shape index (κ2) is 6.71. The van der Waals surface area contributed by atoms with Crippen LogP contribution in [0.5, 0.6) is 0 Å². The fourth-order valence-corrected chi connectivity index (χ4v) is 3.31. The normalized spacial score (nSPS) is 23.1. The molecule has 0 saturated heterocycles. The van der Waals surface area contributed by atoms with Crippen molar-refractivity contribution in [1.82, 2.24) is 5.32 Å². The summed E-state index contributed by atoms with van der Waals surface area (Å²) < 4.78 is 14.1. The van der Waals surface area contributed by atoms with E-state index in [2.05, 4.69) is 21.2 Å². The minimum atomic E-state index is -0.516. The van der Waals surface area contributed by atoms with Crippen LogP contribution < -0.4 is 5.32 Å². The van der Waals surface area contributed by atoms with Crippen molar-refractivity contribution in [1.29, 1.82) is 0 Å². The highest BCUT2D eigenvalue weighted by Gasteiger charge is 2.24. The number of halogens is 3. The van der Waals surface area contributed by atoms with Gasteiger partial charge >= 0.3 is 0 Å². The van der Waals surface area contributed by atoms with Gasteiger partial charge in [-0.05, 0) is 46.8 Å². The lowest BCUT2D eigenvalue weighted by Crippen LogP contribution is -2.35. The molecule has 0 spiro atoms. The molecule has 0 heterocycles. The van der Waals surface area contributed by atoms with Crippen LogP contribution in [-0.4, -0.2) is 17.8 Å².